The molecule has 0 atom stereocenters. The number of hydrogen-bond donors (Lipinski definition) is 1. The number of aryl methyl sites for hydroxylation is 2. The molecule has 1 aromatic carbocycles. The predicted molar refractivity (Wildman–Crippen MR) is 89.3 cm³/mol. The standard InChI is InChI=1S/C18H18N4O/c1-11-3-4-12(2)14(9-11)15-7-8-17-19-16(10-22(17)21-15)20-18(23)13-5-6-13/h3-4,7-10,13H,5-6H2,1-2H3,(H,20,23). The molecular formula is C18H18N4O. The van der Waals surface area contributed by atoms with Crippen molar-refractivity contribution in [2.45, 2.75) is 26.7 Å². The molecule has 0 saturated heterocycles. The minimum Gasteiger partial charge on any atom is -0.309 e. The van der Waals surface area contributed by atoms with Gasteiger partial charge in [0.15, 0.2) is 11.5 Å². The van der Waals surface area contributed by atoms with Crippen molar-refractivity contribution in [2.24, 2.45) is 5.92 Å². The number of carbonyl (C=O) groups is 1. The number of aromatic nitrogens is 3. The van der Waals surface area contributed by atoms with E-state index in [2.05, 4.69) is 47.4 Å². The zero-order valence-corrected chi connectivity index (χ0v) is 13.2. The van der Waals surface area contributed by atoms with Crippen LogP contribution in [0.4, 0.5) is 5.82 Å². The van der Waals surface area contributed by atoms with E-state index in [9.17, 15) is 4.79 Å². The molecule has 1 N–H and O–H groups in total. The van der Waals surface area contributed by atoms with E-state index in [0.717, 1.165) is 29.7 Å². The first kappa shape index (κ1) is 13.9. The number of imidazole rings is 1. The number of rotatable bonds is 3. The van der Waals surface area contributed by atoms with Crippen LogP contribution in [-0.2, 0) is 4.79 Å². The third-order valence-corrected chi connectivity index (χ3v) is 4.19. The summed E-state index contributed by atoms with van der Waals surface area (Å²) >= 11 is 0. The number of nitrogens with zero attached hydrogens (tertiary/aromatic N) is 3. The fourth-order valence-electron chi connectivity index (χ4n) is 2.67. The molecule has 2 aromatic heterocycles. The second-order valence-corrected chi connectivity index (χ2v) is 6.23. The highest BCUT2D eigenvalue weighted by Gasteiger charge is 2.30. The normalized spacial score (nSPS) is 14.2. The topological polar surface area (TPSA) is 59.3 Å². The van der Waals surface area contributed by atoms with E-state index in [1.165, 1.54) is 11.1 Å². The van der Waals surface area contributed by atoms with Crippen LogP contribution in [0, 0.1) is 19.8 Å². The van der Waals surface area contributed by atoms with Gasteiger partial charge in [0.05, 0.1) is 11.9 Å². The van der Waals surface area contributed by atoms with Gasteiger partial charge in [-0.1, -0.05) is 17.7 Å². The first-order chi connectivity index (χ1) is 11.1. The molecule has 3 aromatic rings. The monoisotopic (exact) mass is 306 g/mol. The van der Waals surface area contributed by atoms with Crippen LogP contribution in [0.3, 0.4) is 0 Å². The smallest absolute Gasteiger partial charge is 0.228 e. The van der Waals surface area contributed by atoms with Gasteiger partial charge in [-0.05, 0) is 50.5 Å². The van der Waals surface area contributed by atoms with E-state index < -0.39 is 0 Å². The van der Waals surface area contributed by atoms with Crippen LogP contribution >= 0.6 is 0 Å². The van der Waals surface area contributed by atoms with Crippen LogP contribution in [0.15, 0.2) is 36.5 Å². The second kappa shape index (κ2) is 5.19. The maximum Gasteiger partial charge on any atom is 0.228 e. The lowest BCUT2D eigenvalue weighted by Gasteiger charge is -2.06. The lowest BCUT2D eigenvalue weighted by molar-refractivity contribution is -0.117. The third-order valence-electron chi connectivity index (χ3n) is 4.19. The van der Waals surface area contributed by atoms with E-state index in [4.69, 9.17) is 0 Å². The zero-order chi connectivity index (χ0) is 16.0. The summed E-state index contributed by atoms with van der Waals surface area (Å²) in [6, 6.07) is 10.2. The highest BCUT2D eigenvalue weighted by Crippen LogP contribution is 2.30. The molecule has 0 spiro atoms. The molecule has 0 bridgehead atoms. The van der Waals surface area contributed by atoms with Crippen LogP contribution in [-0.4, -0.2) is 20.5 Å². The van der Waals surface area contributed by atoms with Crippen LogP contribution in [0.2, 0.25) is 0 Å². The number of fused-ring (bicyclic) bond motifs is 1. The summed E-state index contributed by atoms with van der Waals surface area (Å²) in [6.07, 6.45) is 3.73. The van der Waals surface area contributed by atoms with Gasteiger partial charge >= 0.3 is 0 Å². The zero-order valence-electron chi connectivity index (χ0n) is 13.2. The molecule has 1 fully saturated rings. The van der Waals surface area contributed by atoms with Crippen molar-refractivity contribution in [3.63, 3.8) is 0 Å². The van der Waals surface area contributed by atoms with Crippen molar-refractivity contribution >= 4 is 17.4 Å². The minimum atomic E-state index is 0.0585. The Labute approximate surface area is 134 Å². The van der Waals surface area contributed by atoms with Gasteiger partial charge in [-0.2, -0.15) is 5.10 Å². The van der Waals surface area contributed by atoms with Crippen molar-refractivity contribution in [1.29, 1.82) is 0 Å². The Morgan fingerprint density at radius 2 is 2.04 bits per heavy atom. The van der Waals surface area contributed by atoms with Crippen LogP contribution in [0.5, 0.6) is 0 Å². The molecule has 5 nitrogen and oxygen atoms in total. The number of amides is 1. The molecule has 1 saturated carbocycles. The predicted octanol–water partition coefficient (Wildman–Crippen LogP) is 3.36. The number of hydrogen-bond acceptors (Lipinski definition) is 3. The Balaban J connectivity index is 1.69. The molecule has 0 unspecified atom stereocenters. The molecular weight excluding hydrogens is 288 g/mol. The summed E-state index contributed by atoms with van der Waals surface area (Å²) in [5, 5.41) is 7.50. The summed E-state index contributed by atoms with van der Waals surface area (Å²) in [7, 11) is 0. The number of nitrogens with one attached hydrogen (secondary N) is 1. The van der Waals surface area contributed by atoms with E-state index in [0.29, 0.717) is 5.82 Å². The molecule has 5 heteroatoms. The lowest BCUT2D eigenvalue weighted by Crippen LogP contribution is -2.13. The first-order valence-corrected chi connectivity index (χ1v) is 7.85. The molecule has 2 heterocycles. The van der Waals surface area contributed by atoms with Crippen molar-refractivity contribution in [2.75, 3.05) is 5.32 Å². The Bertz CT molecular complexity index is 909. The van der Waals surface area contributed by atoms with Gasteiger partial charge in [0.1, 0.15) is 0 Å². The molecule has 0 aliphatic heterocycles. The van der Waals surface area contributed by atoms with Gasteiger partial charge in [-0.3, -0.25) is 4.79 Å². The van der Waals surface area contributed by atoms with E-state index in [-0.39, 0.29) is 11.8 Å². The molecule has 1 amide bonds. The van der Waals surface area contributed by atoms with Crippen molar-refractivity contribution in [3.8, 4) is 11.3 Å². The Morgan fingerprint density at radius 1 is 1.22 bits per heavy atom. The van der Waals surface area contributed by atoms with Gasteiger partial charge < -0.3 is 5.32 Å². The lowest BCUT2D eigenvalue weighted by atomic mass is 10.0. The van der Waals surface area contributed by atoms with Crippen LogP contribution < -0.4 is 5.32 Å². The van der Waals surface area contributed by atoms with Crippen LogP contribution in [0.25, 0.3) is 16.9 Å². The summed E-state index contributed by atoms with van der Waals surface area (Å²) in [5.74, 6) is 0.786. The maximum atomic E-state index is 11.8. The number of anilines is 1. The van der Waals surface area contributed by atoms with Crippen molar-refractivity contribution < 1.29 is 4.79 Å². The van der Waals surface area contributed by atoms with Crippen molar-refractivity contribution in [3.05, 3.63) is 47.7 Å². The summed E-state index contributed by atoms with van der Waals surface area (Å²) in [6.45, 7) is 4.15. The molecule has 4 rings (SSSR count). The SMILES string of the molecule is Cc1ccc(C)c(-c2ccc3nc(NC(=O)C4CC4)cn3n2)c1. The first-order valence-electron chi connectivity index (χ1n) is 7.85. The van der Waals surface area contributed by atoms with Crippen molar-refractivity contribution in [1.82, 2.24) is 14.6 Å². The fraction of sp³-hybridized carbons (Fsp3) is 0.278. The quantitative estimate of drug-likeness (QED) is 0.807. The molecule has 0 radical (unpaired) electrons. The van der Waals surface area contributed by atoms with Gasteiger partial charge in [-0.25, -0.2) is 9.50 Å². The Hall–Kier alpha value is -2.69. The minimum absolute atomic E-state index is 0.0585. The van der Waals surface area contributed by atoms with Gasteiger partial charge in [0.25, 0.3) is 0 Å². The van der Waals surface area contributed by atoms with Crippen LogP contribution in [0.1, 0.15) is 24.0 Å². The highest BCUT2D eigenvalue weighted by atomic mass is 16.2. The third kappa shape index (κ3) is 2.70. The summed E-state index contributed by atoms with van der Waals surface area (Å²) < 4.78 is 1.72. The summed E-state index contributed by atoms with van der Waals surface area (Å²) in [5.41, 5.74) is 5.13. The van der Waals surface area contributed by atoms with Gasteiger partial charge in [0.2, 0.25) is 5.91 Å². The number of carbonyl (C=O) groups excluding carboxylic acids is 1. The van der Waals surface area contributed by atoms with E-state index in [1.54, 1.807) is 10.7 Å². The molecule has 23 heavy (non-hydrogen) atoms. The molecule has 1 aliphatic carbocycles. The fourth-order valence-corrected chi connectivity index (χ4v) is 2.67. The second-order valence-electron chi connectivity index (χ2n) is 6.23. The Morgan fingerprint density at radius 3 is 2.83 bits per heavy atom. The summed E-state index contributed by atoms with van der Waals surface area (Å²) in [4.78, 5) is 16.2. The average molecular weight is 306 g/mol. The van der Waals surface area contributed by atoms with E-state index in [1.807, 2.05) is 12.1 Å². The molecule has 116 valence electrons. The Kier molecular flexibility index (Phi) is 3.15. The van der Waals surface area contributed by atoms with Gasteiger partial charge in [0, 0.05) is 11.5 Å². The highest BCUT2D eigenvalue weighted by molar-refractivity contribution is 5.93. The number of benzene rings is 1. The van der Waals surface area contributed by atoms with E-state index >= 15 is 0 Å². The van der Waals surface area contributed by atoms with Gasteiger partial charge in [-0.15, -0.1) is 0 Å². The largest absolute Gasteiger partial charge is 0.309 e. The average Bonchev–Trinajstić information content (AvgIpc) is 3.30. The maximum absolute atomic E-state index is 11.8. The molecule has 1 aliphatic rings.